The fourth-order valence-corrected chi connectivity index (χ4v) is 2.43. The molecule has 122 valence electrons. The highest BCUT2D eigenvalue weighted by molar-refractivity contribution is 5.79. The smallest absolute Gasteiger partial charge is 0.0796 e. The van der Waals surface area contributed by atoms with Crippen molar-refractivity contribution < 1.29 is 0 Å². The number of rotatable bonds is 2. The Hall–Kier alpha value is -3.33. The third kappa shape index (κ3) is 4.58. The van der Waals surface area contributed by atoms with Gasteiger partial charge in [-0.25, -0.2) is 0 Å². The van der Waals surface area contributed by atoms with Crippen molar-refractivity contribution in [1.29, 1.82) is 0 Å². The minimum atomic E-state index is 0.929. The maximum absolute atomic E-state index is 4.46. The summed E-state index contributed by atoms with van der Waals surface area (Å²) in [4.78, 5) is 12.8. The van der Waals surface area contributed by atoms with Crippen LogP contribution in [0.3, 0.4) is 0 Å². The van der Waals surface area contributed by atoms with Crippen LogP contribution in [0.15, 0.2) is 97.7 Å². The summed E-state index contributed by atoms with van der Waals surface area (Å²) < 4.78 is 0. The molecule has 0 amide bonds. The molecule has 0 atom stereocenters. The van der Waals surface area contributed by atoms with Crippen LogP contribution >= 0.6 is 0 Å². The zero-order chi connectivity index (χ0) is 17.3. The molecule has 4 rings (SSSR count). The van der Waals surface area contributed by atoms with E-state index < -0.39 is 0 Å². The van der Waals surface area contributed by atoms with E-state index in [0.29, 0.717) is 0 Å². The van der Waals surface area contributed by atoms with Gasteiger partial charge in [0.25, 0.3) is 0 Å². The van der Waals surface area contributed by atoms with Crippen molar-refractivity contribution >= 4 is 0 Å². The molecule has 3 heteroatoms. The Morgan fingerprint density at radius 2 is 1.24 bits per heavy atom. The number of pyridine rings is 3. The molecule has 0 bridgehead atoms. The highest BCUT2D eigenvalue weighted by Gasteiger charge is 2.07. The summed E-state index contributed by atoms with van der Waals surface area (Å²) in [5.74, 6) is 0. The van der Waals surface area contributed by atoms with E-state index in [0.717, 1.165) is 22.4 Å². The molecule has 0 radical (unpaired) electrons. The predicted octanol–water partition coefficient (Wildman–Crippen LogP) is 5.20. The molecule has 4 aromatic rings. The van der Waals surface area contributed by atoms with Crippen LogP contribution in [0.5, 0.6) is 0 Å². The van der Waals surface area contributed by atoms with Crippen molar-refractivity contribution in [2.24, 2.45) is 0 Å². The predicted molar refractivity (Wildman–Crippen MR) is 102 cm³/mol. The van der Waals surface area contributed by atoms with E-state index in [1.165, 1.54) is 5.56 Å². The Morgan fingerprint density at radius 1 is 0.600 bits per heavy atom. The van der Waals surface area contributed by atoms with E-state index in [1.54, 1.807) is 18.6 Å². The number of nitrogens with zero attached hydrogens (tertiary/aromatic N) is 3. The van der Waals surface area contributed by atoms with Crippen molar-refractivity contribution in [3.05, 3.63) is 103 Å². The van der Waals surface area contributed by atoms with Gasteiger partial charge >= 0.3 is 0 Å². The minimum Gasteiger partial charge on any atom is -0.264 e. The van der Waals surface area contributed by atoms with Gasteiger partial charge < -0.3 is 0 Å². The molecule has 0 aliphatic heterocycles. The molecule has 0 aliphatic rings. The van der Waals surface area contributed by atoms with Gasteiger partial charge in [-0.1, -0.05) is 48.0 Å². The van der Waals surface area contributed by atoms with Gasteiger partial charge in [-0.3, -0.25) is 15.0 Å². The zero-order valence-electron chi connectivity index (χ0n) is 14.1. The van der Waals surface area contributed by atoms with E-state index in [9.17, 15) is 0 Å². The molecule has 0 saturated heterocycles. The number of aromatic nitrogens is 3. The van der Waals surface area contributed by atoms with Gasteiger partial charge in [-0.05, 0) is 31.2 Å². The van der Waals surface area contributed by atoms with Crippen LogP contribution in [0.25, 0.3) is 22.4 Å². The summed E-state index contributed by atoms with van der Waals surface area (Å²) in [6.07, 6.45) is 8.99. The van der Waals surface area contributed by atoms with Crippen molar-refractivity contribution in [2.75, 3.05) is 0 Å². The van der Waals surface area contributed by atoms with Crippen molar-refractivity contribution in [1.82, 2.24) is 15.0 Å². The Morgan fingerprint density at radius 3 is 1.80 bits per heavy atom. The van der Waals surface area contributed by atoms with Gasteiger partial charge in [0, 0.05) is 47.7 Å². The summed E-state index contributed by atoms with van der Waals surface area (Å²) in [6, 6.07) is 22.1. The third-order valence-electron chi connectivity index (χ3n) is 3.66. The van der Waals surface area contributed by atoms with E-state index >= 15 is 0 Å². The Labute approximate surface area is 148 Å². The average Bonchev–Trinajstić information content (AvgIpc) is 2.70. The zero-order valence-corrected chi connectivity index (χ0v) is 14.1. The minimum absolute atomic E-state index is 0.929. The second kappa shape index (κ2) is 8.50. The molecular weight excluding hydrogens is 306 g/mol. The third-order valence-corrected chi connectivity index (χ3v) is 3.66. The molecule has 0 aliphatic carbocycles. The number of hydrogen-bond donors (Lipinski definition) is 0. The van der Waals surface area contributed by atoms with Crippen molar-refractivity contribution in [3.63, 3.8) is 0 Å². The van der Waals surface area contributed by atoms with Gasteiger partial charge in [0.05, 0.1) is 5.69 Å². The molecule has 1 aromatic carbocycles. The monoisotopic (exact) mass is 325 g/mol. The first-order valence-corrected chi connectivity index (χ1v) is 8.12. The summed E-state index contributed by atoms with van der Waals surface area (Å²) in [5, 5.41) is 0. The van der Waals surface area contributed by atoms with Gasteiger partial charge in [0.2, 0.25) is 0 Å². The normalized spacial score (nSPS) is 9.80. The summed E-state index contributed by atoms with van der Waals surface area (Å²) in [6.45, 7) is 2.08. The lowest BCUT2D eigenvalue weighted by atomic mass is 10.0. The fraction of sp³-hybridized carbons (Fsp3) is 0.0455. The molecule has 3 nitrogen and oxygen atoms in total. The van der Waals surface area contributed by atoms with E-state index in [1.807, 2.05) is 67.0 Å². The second-order valence-electron chi connectivity index (χ2n) is 5.54. The Kier molecular flexibility index (Phi) is 5.62. The van der Waals surface area contributed by atoms with Gasteiger partial charge in [0.15, 0.2) is 0 Å². The quantitative estimate of drug-likeness (QED) is 0.508. The van der Waals surface area contributed by atoms with E-state index in [2.05, 4.69) is 34.0 Å². The number of aryl methyl sites for hydroxylation is 1. The van der Waals surface area contributed by atoms with E-state index in [4.69, 9.17) is 0 Å². The largest absolute Gasteiger partial charge is 0.264 e. The van der Waals surface area contributed by atoms with Crippen LogP contribution in [-0.4, -0.2) is 15.0 Å². The highest BCUT2D eigenvalue weighted by atomic mass is 14.7. The number of benzene rings is 1. The molecule has 0 N–H and O–H groups in total. The molecule has 0 unspecified atom stereocenters. The standard InChI is InChI=1S/C15H11N3.C7H8/c1-4-12(10-16-7-1)14-6-3-9-18-15(14)13-5-2-8-17-11-13;1-7-5-3-2-4-6-7/h1-11H;2-6H,1H3. The molecule has 25 heavy (non-hydrogen) atoms. The van der Waals surface area contributed by atoms with Gasteiger partial charge in [0.1, 0.15) is 0 Å². The summed E-state index contributed by atoms with van der Waals surface area (Å²) >= 11 is 0. The summed E-state index contributed by atoms with van der Waals surface area (Å²) in [7, 11) is 0. The lowest BCUT2D eigenvalue weighted by Crippen LogP contribution is -1.89. The van der Waals surface area contributed by atoms with Crippen LogP contribution in [0.1, 0.15) is 5.56 Å². The van der Waals surface area contributed by atoms with Crippen LogP contribution in [-0.2, 0) is 0 Å². The molecule has 3 heterocycles. The molecular formula is C22H19N3. The lowest BCUT2D eigenvalue weighted by Gasteiger charge is -2.07. The topological polar surface area (TPSA) is 38.7 Å². The van der Waals surface area contributed by atoms with Crippen LogP contribution < -0.4 is 0 Å². The molecule has 3 aromatic heterocycles. The molecule has 0 spiro atoms. The maximum atomic E-state index is 4.46. The molecule has 0 saturated carbocycles. The lowest BCUT2D eigenvalue weighted by molar-refractivity contribution is 1.27. The highest BCUT2D eigenvalue weighted by Crippen LogP contribution is 2.28. The van der Waals surface area contributed by atoms with Gasteiger partial charge in [-0.15, -0.1) is 0 Å². The SMILES string of the molecule is Cc1ccccc1.c1cncc(-c2cccnc2-c2cccnc2)c1. The Balaban J connectivity index is 0.000000219. The summed E-state index contributed by atoms with van der Waals surface area (Å²) in [5.41, 5.74) is 5.39. The second-order valence-corrected chi connectivity index (χ2v) is 5.54. The van der Waals surface area contributed by atoms with Crippen LogP contribution in [0.4, 0.5) is 0 Å². The van der Waals surface area contributed by atoms with Crippen molar-refractivity contribution in [2.45, 2.75) is 6.92 Å². The molecule has 0 fully saturated rings. The van der Waals surface area contributed by atoms with E-state index in [-0.39, 0.29) is 0 Å². The van der Waals surface area contributed by atoms with Crippen LogP contribution in [0.2, 0.25) is 0 Å². The van der Waals surface area contributed by atoms with Crippen molar-refractivity contribution in [3.8, 4) is 22.4 Å². The fourth-order valence-electron chi connectivity index (χ4n) is 2.43. The first-order valence-electron chi connectivity index (χ1n) is 8.12. The average molecular weight is 325 g/mol. The Bertz CT molecular complexity index is 833. The number of hydrogen-bond acceptors (Lipinski definition) is 3. The maximum Gasteiger partial charge on any atom is 0.0796 e. The van der Waals surface area contributed by atoms with Gasteiger partial charge in [-0.2, -0.15) is 0 Å². The first-order chi connectivity index (χ1) is 12.3. The van der Waals surface area contributed by atoms with Crippen LogP contribution in [0, 0.1) is 6.92 Å². The first kappa shape index (κ1) is 16.5.